The number of rotatable bonds is 2. The summed E-state index contributed by atoms with van der Waals surface area (Å²) in [5.41, 5.74) is -0.579. The third-order valence-electron chi connectivity index (χ3n) is 1.41. The molecule has 7 nitrogen and oxygen atoms in total. The molecule has 1 rings (SSSR count). The van der Waals surface area contributed by atoms with Crippen molar-refractivity contribution in [3.05, 3.63) is 11.4 Å². The molecule has 0 atom stereocenters. The van der Waals surface area contributed by atoms with Gasteiger partial charge >= 0.3 is 30.8 Å². The number of carboxylic acid groups (broad SMARTS) is 1. The second-order valence-corrected chi connectivity index (χ2v) is 2.21. The number of methoxy groups -OCH3 is 1. The van der Waals surface area contributed by atoms with Crippen LogP contribution >= 0.6 is 0 Å². The Morgan fingerprint density at radius 2 is 2.14 bits per heavy atom. The third-order valence-corrected chi connectivity index (χ3v) is 1.41. The molecular formula is C6H8LiN3O4. The van der Waals surface area contributed by atoms with E-state index in [1.54, 1.807) is 0 Å². The first-order valence-corrected chi connectivity index (χ1v) is 3.29. The predicted octanol–water partition coefficient (Wildman–Crippen LogP) is -3.58. The Morgan fingerprint density at radius 1 is 1.57 bits per heavy atom. The van der Waals surface area contributed by atoms with Gasteiger partial charge in [-0.05, 0) is 0 Å². The molecule has 8 heteroatoms. The fourth-order valence-electron chi connectivity index (χ4n) is 0.831. The summed E-state index contributed by atoms with van der Waals surface area (Å²) in [6, 6.07) is 0. The first-order valence-electron chi connectivity index (χ1n) is 3.29. The molecule has 1 aromatic rings. The summed E-state index contributed by atoms with van der Waals surface area (Å²) in [6.45, 7) is 0. The first kappa shape index (κ1) is 12.7. The molecule has 0 aromatic carbocycles. The van der Waals surface area contributed by atoms with Crippen LogP contribution in [0.25, 0.3) is 0 Å². The van der Waals surface area contributed by atoms with Crippen LogP contribution < -0.4 is 18.9 Å². The summed E-state index contributed by atoms with van der Waals surface area (Å²) in [5, 5.41) is 15.4. The number of aromatic nitrogens is 3. The van der Waals surface area contributed by atoms with Crippen LogP contribution in [0.1, 0.15) is 22.4 Å². The maximum Gasteiger partial charge on any atom is 1.00 e. The maximum atomic E-state index is 11.0. The van der Waals surface area contributed by atoms with Crippen LogP contribution in [0, 0.1) is 0 Å². The second-order valence-electron chi connectivity index (χ2n) is 2.21. The van der Waals surface area contributed by atoms with Gasteiger partial charge in [0, 0.05) is 7.05 Å². The van der Waals surface area contributed by atoms with Gasteiger partial charge in [-0.1, -0.05) is 5.21 Å². The van der Waals surface area contributed by atoms with E-state index >= 15 is 0 Å². The van der Waals surface area contributed by atoms with E-state index in [4.69, 9.17) is 5.11 Å². The standard InChI is InChI=1S/C6H7N3O4.Li.H/c1-9-4(5(10)11)3(7-8-9)6(12)13-2;;/h1-2H3,(H,10,11);;/q;+1;-1. The van der Waals surface area contributed by atoms with Crippen LogP contribution in [0.15, 0.2) is 0 Å². The Morgan fingerprint density at radius 3 is 2.57 bits per heavy atom. The maximum absolute atomic E-state index is 11.0. The second kappa shape index (κ2) is 4.79. The first-order chi connectivity index (χ1) is 6.07. The molecular weight excluding hydrogens is 185 g/mol. The van der Waals surface area contributed by atoms with E-state index in [1.165, 1.54) is 7.05 Å². The average Bonchev–Trinajstić information content (AvgIpc) is 2.45. The molecule has 72 valence electrons. The molecule has 14 heavy (non-hydrogen) atoms. The normalized spacial score (nSPS) is 9.00. The Balaban J connectivity index is 0. The van der Waals surface area contributed by atoms with Gasteiger partial charge in [0.25, 0.3) is 0 Å². The minimum absolute atomic E-state index is 0. The van der Waals surface area contributed by atoms with E-state index in [9.17, 15) is 9.59 Å². The van der Waals surface area contributed by atoms with Crippen LogP contribution in [0.2, 0.25) is 0 Å². The zero-order valence-corrected chi connectivity index (χ0v) is 8.01. The predicted molar refractivity (Wildman–Crippen MR) is 40.4 cm³/mol. The Labute approximate surface area is 92.7 Å². The van der Waals surface area contributed by atoms with Gasteiger partial charge in [-0.15, -0.1) is 5.10 Å². The molecule has 0 aliphatic rings. The van der Waals surface area contributed by atoms with Crippen molar-refractivity contribution in [1.29, 1.82) is 0 Å². The number of nitrogens with zero attached hydrogens (tertiary/aromatic N) is 3. The van der Waals surface area contributed by atoms with Gasteiger partial charge in [-0.25, -0.2) is 14.3 Å². The minimum atomic E-state index is -1.27. The largest absolute Gasteiger partial charge is 1.00 e. The zero-order valence-electron chi connectivity index (χ0n) is 9.01. The molecule has 0 aliphatic heterocycles. The van der Waals surface area contributed by atoms with Crippen molar-refractivity contribution in [2.75, 3.05) is 7.11 Å². The fraction of sp³-hybridized carbons (Fsp3) is 0.333. The molecule has 1 heterocycles. The Bertz CT molecular complexity index is 367. The smallest absolute Gasteiger partial charge is 1.00 e. The van der Waals surface area contributed by atoms with E-state index in [0.717, 1.165) is 11.8 Å². The average molecular weight is 193 g/mol. The zero-order chi connectivity index (χ0) is 10.0. The number of hydrogen-bond donors (Lipinski definition) is 1. The fourth-order valence-corrected chi connectivity index (χ4v) is 0.831. The van der Waals surface area contributed by atoms with E-state index in [1.807, 2.05) is 0 Å². The molecule has 0 saturated heterocycles. The van der Waals surface area contributed by atoms with Gasteiger partial charge < -0.3 is 11.3 Å². The Kier molecular flexibility index (Phi) is 4.33. The molecule has 0 bridgehead atoms. The van der Waals surface area contributed by atoms with Crippen molar-refractivity contribution in [2.24, 2.45) is 7.05 Å². The van der Waals surface area contributed by atoms with Gasteiger partial charge in [0.1, 0.15) is 0 Å². The van der Waals surface area contributed by atoms with Crippen molar-refractivity contribution >= 4 is 11.9 Å². The number of carbonyl (C=O) groups is 2. The number of aromatic carboxylic acids is 1. The summed E-state index contributed by atoms with van der Waals surface area (Å²) >= 11 is 0. The van der Waals surface area contributed by atoms with Crippen LogP contribution in [-0.2, 0) is 11.8 Å². The van der Waals surface area contributed by atoms with E-state index in [2.05, 4.69) is 15.0 Å². The number of hydrogen-bond acceptors (Lipinski definition) is 5. The summed E-state index contributed by atoms with van der Waals surface area (Å²) in [4.78, 5) is 21.6. The molecule has 0 fully saturated rings. The van der Waals surface area contributed by atoms with E-state index < -0.39 is 11.9 Å². The van der Waals surface area contributed by atoms with Gasteiger partial charge in [0.2, 0.25) is 5.69 Å². The van der Waals surface area contributed by atoms with Crippen molar-refractivity contribution < 1.29 is 39.7 Å². The number of ether oxygens (including phenoxy) is 1. The third kappa shape index (κ3) is 2.13. The minimum Gasteiger partial charge on any atom is -1.00 e. The summed E-state index contributed by atoms with van der Waals surface area (Å²) in [7, 11) is 2.52. The molecule has 0 saturated carbocycles. The monoisotopic (exact) mass is 193 g/mol. The Hall–Kier alpha value is -1.32. The number of aryl methyl sites for hydroxylation is 1. The van der Waals surface area contributed by atoms with Gasteiger partial charge in [0.05, 0.1) is 7.11 Å². The molecule has 0 radical (unpaired) electrons. The SMILES string of the molecule is COC(=O)c1nnn(C)c1C(=O)O.[H-].[Li+]. The molecule has 0 amide bonds. The molecule has 0 spiro atoms. The summed E-state index contributed by atoms with van der Waals surface area (Å²) < 4.78 is 5.32. The number of carbonyl (C=O) groups excluding carboxylic acids is 1. The van der Waals surface area contributed by atoms with Crippen molar-refractivity contribution in [1.82, 2.24) is 15.0 Å². The van der Waals surface area contributed by atoms with Gasteiger partial charge in [0.15, 0.2) is 5.69 Å². The van der Waals surface area contributed by atoms with Crippen LogP contribution in [-0.4, -0.2) is 39.1 Å². The summed E-state index contributed by atoms with van der Waals surface area (Å²) in [6.07, 6.45) is 0. The summed E-state index contributed by atoms with van der Waals surface area (Å²) in [5.74, 6) is -2.08. The number of esters is 1. The molecule has 0 unspecified atom stereocenters. The van der Waals surface area contributed by atoms with E-state index in [0.29, 0.717) is 0 Å². The molecule has 1 aromatic heterocycles. The van der Waals surface area contributed by atoms with Crippen LogP contribution in [0.4, 0.5) is 0 Å². The topological polar surface area (TPSA) is 94.3 Å². The van der Waals surface area contributed by atoms with Gasteiger partial charge in [-0.2, -0.15) is 0 Å². The van der Waals surface area contributed by atoms with Crippen molar-refractivity contribution in [3.63, 3.8) is 0 Å². The van der Waals surface area contributed by atoms with Gasteiger partial charge in [-0.3, -0.25) is 0 Å². The number of carboxylic acids is 1. The van der Waals surface area contributed by atoms with Crippen LogP contribution in [0.3, 0.4) is 0 Å². The molecule has 1 N–H and O–H groups in total. The van der Waals surface area contributed by atoms with Crippen LogP contribution in [0.5, 0.6) is 0 Å². The van der Waals surface area contributed by atoms with Crippen molar-refractivity contribution in [2.45, 2.75) is 0 Å². The quantitative estimate of drug-likeness (QED) is 0.385. The van der Waals surface area contributed by atoms with E-state index in [-0.39, 0.29) is 31.7 Å². The van der Waals surface area contributed by atoms with Crippen molar-refractivity contribution in [3.8, 4) is 0 Å². The molecule has 0 aliphatic carbocycles.